The number of methoxy groups -OCH3 is 1. The Labute approximate surface area is 129 Å². The molecule has 1 atom stereocenters. The van der Waals surface area contributed by atoms with Crippen LogP contribution in [0, 0.1) is 0 Å². The summed E-state index contributed by atoms with van der Waals surface area (Å²) in [7, 11) is 1.58. The molecule has 0 amide bonds. The van der Waals surface area contributed by atoms with Gasteiger partial charge in [-0.25, -0.2) is 9.97 Å². The average molecular weight is 308 g/mol. The highest BCUT2D eigenvalue weighted by Crippen LogP contribution is 2.37. The van der Waals surface area contributed by atoms with Gasteiger partial charge in [0.2, 0.25) is 0 Å². The molecule has 0 aliphatic carbocycles. The van der Waals surface area contributed by atoms with Gasteiger partial charge in [0.25, 0.3) is 0 Å². The minimum Gasteiger partial charge on any atom is -0.493 e. The van der Waals surface area contributed by atoms with Crippen molar-refractivity contribution < 1.29 is 9.47 Å². The maximum Gasteiger partial charge on any atom is 0.180 e. The third kappa shape index (κ3) is 4.31. The number of nitrogens with two attached hydrogens (primary N) is 1. The van der Waals surface area contributed by atoms with Crippen molar-refractivity contribution in [2.24, 2.45) is 5.73 Å². The van der Waals surface area contributed by atoms with Crippen molar-refractivity contribution in [3.8, 4) is 11.5 Å². The molecule has 6 heteroatoms. The van der Waals surface area contributed by atoms with Gasteiger partial charge in [0.1, 0.15) is 6.61 Å². The van der Waals surface area contributed by atoms with Gasteiger partial charge in [-0.2, -0.15) is 0 Å². The summed E-state index contributed by atoms with van der Waals surface area (Å²) in [4.78, 5) is 8.20. The minimum absolute atomic E-state index is 0.0512. The predicted octanol–water partition coefficient (Wildman–Crippen LogP) is 2.61. The molecule has 0 fully saturated rings. The van der Waals surface area contributed by atoms with Crippen molar-refractivity contribution in [3.63, 3.8) is 0 Å². The van der Waals surface area contributed by atoms with Crippen LogP contribution in [0.25, 0.3) is 0 Å². The average Bonchev–Trinajstić information content (AvgIpc) is 2.46. The second kappa shape index (κ2) is 7.24. The zero-order valence-corrected chi connectivity index (χ0v) is 12.8. The first-order valence-corrected chi connectivity index (χ1v) is 6.98. The van der Waals surface area contributed by atoms with Gasteiger partial charge >= 0.3 is 0 Å². The van der Waals surface area contributed by atoms with Crippen LogP contribution in [0.5, 0.6) is 11.5 Å². The van der Waals surface area contributed by atoms with Crippen LogP contribution in [0.2, 0.25) is 5.02 Å². The van der Waals surface area contributed by atoms with Crippen molar-refractivity contribution in [3.05, 3.63) is 47.0 Å². The number of nitrogens with zero attached hydrogens (tertiary/aromatic N) is 2. The molecule has 0 saturated carbocycles. The number of ether oxygens (including phenoxy) is 2. The molecule has 0 bridgehead atoms. The maximum atomic E-state index is 6.28. The molecule has 0 aliphatic heterocycles. The molecule has 0 saturated heterocycles. The summed E-state index contributed by atoms with van der Waals surface area (Å²) in [5.74, 6) is 1.64. The van der Waals surface area contributed by atoms with E-state index < -0.39 is 0 Å². The third-order valence-electron chi connectivity index (χ3n) is 2.81. The number of halogens is 1. The molecule has 1 aromatic carbocycles. The Bertz CT molecular complexity index is 591. The Balaban J connectivity index is 2.18. The van der Waals surface area contributed by atoms with Crippen molar-refractivity contribution in [1.29, 1.82) is 0 Å². The summed E-state index contributed by atoms with van der Waals surface area (Å²) in [6.45, 7) is 2.17. The van der Waals surface area contributed by atoms with Gasteiger partial charge in [0, 0.05) is 18.4 Å². The Morgan fingerprint density at radius 2 is 2.00 bits per heavy atom. The third-order valence-corrected chi connectivity index (χ3v) is 3.09. The fraction of sp³-hybridized carbons (Fsp3) is 0.333. The van der Waals surface area contributed by atoms with Gasteiger partial charge in [-0.3, -0.25) is 0 Å². The monoisotopic (exact) mass is 307 g/mol. The molecule has 112 valence electrons. The first-order valence-electron chi connectivity index (χ1n) is 6.61. The first kappa shape index (κ1) is 15.5. The van der Waals surface area contributed by atoms with E-state index in [1.165, 1.54) is 0 Å². The number of hydrogen-bond donors (Lipinski definition) is 1. The molecule has 2 N–H and O–H groups in total. The number of rotatable bonds is 6. The Morgan fingerprint density at radius 3 is 2.62 bits per heavy atom. The Kier molecular flexibility index (Phi) is 5.36. The van der Waals surface area contributed by atoms with Gasteiger partial charge in [0.05, 0.1) is 12.1 Å². The van der Waals surface area contributed by atoms with E-state index >= 15 is 0 Å². The molecular formula is C15H18ClN3O2. The van der Waals surface area contributed by atoms with Gasteiger partial charge in [-0.1, -0.05) is 11.6 Å². The topological polar surface area (TPSA) is 70.3 Å². The normalized spacial score (nSPS) is 12.0. The lowest BCUT2D eigenvalue weighted by Crippen LogP contribution is -2.17. The van der Waals surface area contributed by atoms with Crippen LogP contribution in [-0.4, -0.2) is 23.1 Å². The van der Waals surface area contributed by atoms with Crippen LogP contribution in [0.3, 0.4) is 0 Å². The van der Waals surface area contributed by atoms with Gasteiger partial charge in [0.15, 0.2) is 17.3 Å². The van der Waals surface area contributed by atoms with Crippen molar-refractivity contribution in [2.75, 3.05) is 7.11 Å². The number of benzene rings is 1. The zero-order chi connectivity index (χ0) is 15.2. The lowest BCUT2D eigenvalue weighted by Gasteiger charge is -2.14. The van der Waals surface area contributed by atoms with Crippen molar-refractivity contribution in [2.45, 2.75) is 26.0 Å². The number of hydrogen-bond acceptors (Lipinski definition) is 5. The smallest absolute Gasteiger partial charge is 0.180 e. The van der Waals surface area contributed by atoms with E-state index in [0.717, 1.165) is 12.0 Å². The van der Waals surface area contributed by atoms with Crippen molar-refractivity contribution >= 4 is 11.6 Å². The molecule has 21 heavy (non-hydrogen) atoms. The highest BCUT2D eigenvalue weighted by atomic mass is 35.5. The van der Waals surface area contributed by atoms with E-state index in [1.54, 1.807) is 25.6 Å². The molecule has 2 rings (SSSR count). The summed E-state index contributed by atoms with van der Waals surface area (Å²) in [5.41, 5.74) is 6.82. The van der Waals surface area contributed by atoms with Crippen LogP contribution in [0.4, 0.5) is 0 Å². The molecule has 1 aromatic heterocycles. The summed E-state index contributed by atoms with van der Waals surface area (Å²) in [5, 5.41) is 0.487. The van der Waals surface area contributed by atoms with E-state index in [0.29, 0.717) is 22.3 Å². The van der Waals surface area contributed by atoms with Gasteiger partial charge in [-0.15, -0.1) is 0 Å². The van der Waals surface area contributed by atoms with E-state index in [-0.39, 0.29) is 12.6 Å². The van der Waals surface area contributed by atoms with Crippen molar-refractivity contribution in [1.82, 2.24) is 9.97 Å². The van der Waals surface area contributed by atoms with Crippen LogP contribution < -0.4 is 15.2 Å². The quantitative estimate of drug-likeness (QED) is 0.888. The van der Waals surface area contributed by atoms with Gasteiger partial charge in [-0.05, 0) is 37.1 Å². The van der Waals surface area contributed by atoms with Crippen LogP contribution in [0.15, 0.2) is 30.6 Å². The van der Waals surface area contributed by atoms with E-state index in [2.05, 4.69) is 9.97 Å². The van der Waals surface area contributed by atoms with E-state index in [1.807, 2.05) is 19.1 Å². The number of aromatic nitrogens is 2. The molecule has 1 unspecified atom stereocenters. The second-order valence-corrected chi connectivity index (χ2v) is 5.15. The van der Waals surface area contributed by atoms with Gasteiger partial charge < -0.3 is 15.2 Å². The summed E-state index contributed by atoms with van der Waals surface area (Å²) in [6, 6.07) is 5.53. The molecule has 0 spiro atoms. The minimum atomic E-state index is 0.0512. The summed E-state index contributed by atoms with van der Waals surface area (Å²) >= 11 is 6.28. The lowest BCUT2D eigenvalue weighted by molar-refractivity contribution is 0.276. The highest BCUT2D eigenvalue weighted by Gasteiger charge is 2.13. The maximum absolute atomic E-state index is 6.28. The van der Waals surface area contributed by atoms with Crippen LogP contribution >= 0.6 is 11.6 Å². The second-order valence-electron chi connectivity index (χ2n) is 4.74. The molecule has 5 nitrogen and oxygen atoms in total. The molecule has 0 aliphatic rings. The molecular weight excluding hydrogens is 290 g/mol. The predicted molar refractivity (Wildman–Crippen MR) is 81.7 cm³/mol. The highest BCUT2D eigenvalue weighted by molar-refractivity contribution is 6.32. The van der Waals surface area contributed by atoms with Crippen LogP contribution in [-0.2, 0) is 13.0 Å². The Morgan fingerprint density at radius 1 is 1.29 bits per heavy atom. The van der Waals surface area contributed by atoms with Crippen LogP contribution in [0.1, 0.15) is 18.3 Å². The summed E-state index contributed by atoms with van der Waals surface area (Å²) < 4.78 is 11.0. The zero-order valence-electron chi connectivity index (χ0n) is 12.0. The Hall–Kier alpha value is -1.85. The molecule has 0 radical (unpaired) electrons. The van der Waals surface area contributed by atoms with E-state index in [4.69, 9.17) is 26.8 Å². The summed E-state index contributed by atoms with van der Waals surface area (Å²) in [6.07, 6.45) is 4.05. The molecule has 2 aromatic rings. The molecule has 1 heterocycles. The fourth-order valence-electron chi connectivity index (χ4n) is 1.94. The largest absolute Gasteiger partial charge is 0.493 e. The lowest BCUT2D eigenvalue weighted by atomic mass is 10.1. The first-order chi connectivity index (χ1) is 10.1. The fourth-order valence-corrected chi connectivity index (χ4v) is 2.23. The standard InChI is InChI=1S/C15H18ClN3O2/c1-10(17)6-11-7-12(16)15(13(8-11)20-2)21-9-14-18-4-3-5-19-14/h3-5,7-8,10H,6,9,17H2,1-2H3. The van der Waals surface area contributed by atoms with E-state index in [9.17, 15) is 0 Å². The SMILES string of the molecule is COc1cc(CC(C)N)cc(Cl)c1OCc1ncccn1.